The molecule has 2 aromatic rings. The van der Waals surface area contributed by atoms with Gasteiger partial charge in [0.25, 0.3) is 0 Å². The molecule has 3 nitrogen and oxygen atoms in total. The average Bonchev–Trinajstić information content (AvgIpc) is 2.83. The topological polar surface area (TPSA) is 28.4 Å². The van der Waals surface area contributed by atoms with Crippen LogP contribution in [0.3, 0.4) is 0 Å². The van der Waals surface area contributed by atoms with Crippen molar-refractivity contribution in [3.8, 4) is 11.3 Å². The molecule has 0 unspecified atom stereocenters. The molecule has 0 amide bonds. The summed E-state index contributed by atoms with van der Waals surface area (Å²) >= 11 is 3.48. The van der Waals surface area contributed by atoms with E-state index in [0.717, 1.165) is 41.2 Å². The number of hydrogen-bond donors (Lipinski definition) is 1. The Labute approximate surface area is 153 Å². The van der Waals surface area contributed by atoms with E-state index in [1.807, 2.05) is 18.2 Å². The number of furan rings is 1. The van der Waals surface area contributed by atoms with E-state index in [1.54, 1.807) is 0 Å². The molecule has 0 saturated carbocycles. The lowest BCUT2D eigenvalue weighted by atomic mass is 10.1. The van der Waals surface area contributed by atoms with E-state index in [-0.39, 0.29) is 24.8 Å². The van der Waals surface area contributed by atoms with Crippen LogP contribution in [-0.2, 0) is 6.54 Å². The minimum atomic E-state index is 0. The molecule has 1 N–H and O–H groups in total. The van der Waals surface area contributed by atoms with Crippen molar-refractivity contribution in [2.45, 2.75) is 13.5 Å². The quantitative estimate of drug-likeness (QED) is 0.711. The van der Waals surface area contributed by atoms with E-state index in [2.05, 4.69) is 59.3 Å². The second-order valence-electron chi connectivity index (χ2n) is 5.21. The Morgan fingerprint density at radius 2 is 1.86 bits per heavy atom. The van der Waals surface area contributed by atoms with E-state index >= 15 is 0 Å². The van der Waals surface area contributed by atoms with Crippen molar-refractivity contribution in [3.05, 3.63) is 46.1 Å². The van der Waals surface area contributed by atoms with Crippen molar-refractivity contribution in [3.63, 3.8) is 0 Å². The summed E-state index contributed by atoms with van der Waals surface area (Å²) in [6, 6.07) is 10.3. The van der Waals surface area contributed by atoms with Crippen LogP contribution in [0.25, 0.3) is 11.3 Å². The maximum atomic E-state index is 5.91. The fourth-order valence-corrected chi connectivity index (χ4v) is 2.51. The van der Waals surface area contributed by atoms with E-state index < -0.39 is 0 Å². The van der Waals surface area contributed by atoms with Crippen molar-refractivity contribution in [2.24, 2.45) is 0 Å². The van der Waals surface area contributed by atoms with E-state index in [1.165, 1.54) is 5.56 Å². The molecule has 22 heavy (non-hydrogen) atoms. The molecule has 2 rings (SSSR count). The maximum Gasteiger partial charge on any atom is 0.134 e. The van der Waals surface area contributed by atoms with Crippen LogP contribution in [0.1, 0.15) is 11.3 Å². The van der Waals surface area contributed by atoms with Crippen LogP contribution in [-0.4, -0.2) is 32.1 Å². The van der Waals surface area contributed by atoms with Crippen molar-refractivity contribution < 1.29 is 4.42 Å². The van der Waals surface area contributed by atoms with E-state index in [0.29, 0.717) is 0 Å². The molecule has 124 valence electrons. The molecule has 0 radical (unpaired) electrons. The molecule has 1 aromatic carbocycles. The van der Waals surface area contributed by atoms with Crippen LogP contribution in [0.15, 0.2) is 39.2 Å². The third-order valence-corrected chi connectivity index (χ3v) is 3.64. The van der Waals surface area contributed by atoms with Gasteiger partial charge in [-0.05, 0) is 56.9 Å². The van der Waals surface area contributed by atoms with Gasteiger partial charge in [-0.25, -0.2) is 0 Å². The first-order valence-corrected chi connectivity index (χ1v) is 7.56. The molecular weight excluding hydrogens is 387 g/mol. The molecule has 0 atom stereocenters. The SMILES string of the molecule is Cc1cc(Br)ccc1-c1ccc(CNCCN(C)C)o1.Cl.Cl. The molecule has 0 bridgehead atoms. The van der Waals surface area contributed by atoms with Gasteiger partial charge in [0.15, 0.2) is 0 Å². The largest absolute Gasteiger partial charge is 0.460 e. The minimum Gasteiger partial charge on any atom is -0.460 e. The van der Waals surface area contributed by atoms with Gasteiger partial charge in [-0.1, -0.05) is 15.9 Å². The first kappa shape index (κ1) is 21.5. The monoisotopic (exact) mass is 408 g/mol. The van der Waals surface area contributed by atoms with Crippen molar-refractivity contribution in [1.29, 1.82) is 0 Å². The summed E-state index contributed by atoms with van der Waals surface area (Å²) in [5.74, 6) is 1.90. The lowest BCUT2D eigenvalue weighted by Crippen LogP contribution is -2.25. The summed E-state index contributed by atoms with van der Waals surface area (Å²) in [6.07, 6.45) is 0. The number of aryl methyl sites for hydroxylation is 1. The molecule has 0 aliphatic carbocycles. The van der Waals surface area contributed by atoms with E-state index in [4.69, 9.17) is 4.42 Å². The minimum absolute atomic E-state index is 0. The number of nitrogens with one attached hydrogen (secondary N) is 1. The summed E-state index contributed by atoms with van der Waals surface area (Å²) < 4.78 is 7.00. The second kappa shape index (κ2) is 10.3. The molecule has 0 aliphatic heterocycles. The standard InChI is InChI=1S/C16H21BrN2O.2ClH/c1-12-10-13(17)4-6-15(12)16-7-5-14(20-16)11-18-8-9-19(2)3;;/h4-7,10,18H,8-9,11H2,1-3H3;2*1H. The molecule has 1 aromatic heterocycles. The lowest BCUT2D eigenvalue weighted by Gasteiger charge is -2.09. The summed E-state index contributed by atoms with van der Waals surface area (Å²) in [4.78, 5) is 2.16. The van der Waals surface area contributed by atoms with Crippen LogP contribution in [0.2, 0.25) is 0 Å². The highest BCUT2D eigenvalue weighted by Crippen LogP contribution is 2.27. The van der Waals surface area contributed by atoms with Crippen LogP contribution < -0.4 is 5.32 Å². The highest BCUT2D eigenvalue weighted by Gasteiger charge is 2.07. The van der Waals surface area contributed by atoms with Gasteiger partial charge in [0.05, 0.1) is 6.54 Å². The van der Waals surface area contributed by atoms with Crippen LogP contribution >= 0.6 is 40.7 Å². The fourth-order valence-electron chi connectivity index (χ4n) is 2.04. The van der Waals surface area contributed by atoms with Crippen molar-refractivity contribution >= 4 is 40.7 Å². The molecule has 0 saturated heterocycles. The van der Waals surface area contributed by atoms with Crippen LogP contribution in [0.4, 0.5) is 0 Å². The summed E-state index contributed by atoms with van der Waals surface area (Å²) in [5.41, 5.74) is 2.36. The molecule has 0 fully saturated rings. The number of hydrogen-bond acceptors (Lipinski definition) is 3. The van der Waals surface area contributed by atoms with Gasteiger partial charge >= 0.3 is 0 Å². The number of nitrogens with zero attached hydrogens (tertiary/aromatic N) is 1. The number of rotatable bonds is 6. The normalized spacial score (nSPS) is 10.2. The van der Waals surface area contributed by atoms with Gasteiger partial charge in [-0.2, -0.15) is 0 Å². The Kier molecular flexibility index (Phi) is 10.0. The molecule has 6 heteroatoms. The summed E-state index contributed by atoms with van der Waals surface area (Å²) in [5, 5.41) is 3.38. The Hall–Kier alpha value is -0.520. The third kappa shape index (κ3) is 6.31. The first-order valence-electron chi connectivity index (χ1n) is 6.77. The Morgan fingerprint density at radius 3 is 2.50 bits per heavy atom. The average molecular weight is 410 g/mol. The predicted molar refractivity (Wildman–Crippen MR) is 101 cm³/mol. The van der Waals surface area contributed by atoms with Gasteiger partial charge in [0.1, 0.15) is 11.5 Å². The van der Waals surface area contributed by atoms with E-state index in [9.17, 15) is 0 Å². The maximum absolute atomic E-state index is 5.91. The first-order chi connectivity index (χ1) is 9.56. The van der Waals surface area contributed by atoms with Crippen LogP contribution in [0, 0.1) is 6.92 Å². The smallest absolute Gasteiger partial charge is 0.134 e. The summed E-state index contributed by atoms with van der Waals surface area (Å²) in [6.45, 7) is 4.85. The zero-order valence-corrected chi connectivity index (χ0v) is 16.3. The number of benzene rings is 1. The van der Waals surface area contributed by atoms with Crippen molar-refractivity contribution in [2.75, 3.05) is 27.2 Å². The Bertz CT molecular complexity index is 573. The Morgan fingerprint density at radius 1 is 1.14 bits per heavy atom. The number of likely N-dealkylation sites (N-methyl/N-ethyl adjacent to an activating group) is 1. The van der Waals surface area contributed by atoms with Gasteiger partial charge in [0.2, 0.25) is 0 Å². The highest BCUT2D eigenvalue weighted by atomic mass is 79.9. The second-order valence-corrected chi connectivity index (χ2v) is 6.12. The highest BCUT2D eigenvalue weighted by molar-refractivity contribution is 9.10. The van der Waals surface area contributed by atoms with Crippen molar-refractivity contribution in [1.82, 2.24) is 10.2 Å². The molecule has 0 aliphatic rings. The fraction of sp³-hybridized carbons (Fsp3) is 0.375. The van der Waals surface area contributed by atoms with Gasteiger partial charge in [0, 0.05) is 23.1 Å². The molecular formula is C16H23BrCl2N2O. The third-order valence-electron chi connectivity index (χ3n) is 3.15. The van der Waals surface area contributed by atoms with Gasteiger partial charge in [-0.3, -0.25) is 0 Å². The van der Waals surface area contributed by atoms with Crippen LogP contribution in [0.5, 0.6) is 0 Å². The summed E-state index contributed by atoms with van der Waals surface area (Å²) in [7, 11) is 4.14. The molecule has 0 spiro atoms. The van der Waals surface area contributed by atoms with Gasteiger partial charge < -0.3 is 14.6 Å². The predicted octanol–water partition coefficient (Wildman–Crippen LogP) is 4.51. The lowest BCUT2D eigenvalue weighted by molar-refractivity contribution is 0.392. The Balaban J connectivity index is 0.00000220. The zero-order valence-electron chi connectivity index (χ0n) is 13.1. The zero-order chi connectivity index (χ0) is 14.5. The van der Waals surface area contributed by atoms with Gasteiger partial charge in [-0.15, -0.1) is 24.8 Å². The number of halogens is 3. The molecule has 1 heterocycles.